The highest BCUT2D eigenvalue weighted by atomic mass is 19.4. The zero-order chi connectivity index (χ0) is 25.5. The number of alkyl halides is 3. The number of hydrogen-bond donors (Lipinski definition) is 2. The van der Waals surface area contributed by atoms with Crippen molar-refractivity contribution in [2.45, 2.75) is 24.9 Å². The first kappa shape index (κ1) is 24.2. The van der Waals surface area contributed by atoms with E-state index in [0.717, 1.165) is 41.1 Å². The number of pyridine rings is 2. The van der Waals surface area contributed by atoms with Crippen LogP contribution in [0.3, 0.4) is 0 Å². The molecular weight excluding hydrogens is 475 g/mol. The molecule has 2 fully saturated rings. The van der Waals surface area contributed by atoms with Gasteiger partial charge in [0, 0.05) is 28.9 Å². The van der Waals surface area contributed by atoms with Gasteiger partial charge in [0.2, 0.25) is 5.88 Å². The Morgan fingerprint density at radius 1 is 1.25 bits per heavy atom. The molecule has 188 valence electrons. The summed E-state index contributed by atoms with van der Waals surface area (Å²) >= 11 is 0. The van der Waals surface area contributed by atoms with Crippen LogP contribution in [0, 0.1) is 12.8 Å². The van der Waals surface area contributed by atoms with Gasteiger partial charge < -0.3 is 19.9 Å². The molecule has 0 unspecified atom stereocenters. The third-order valence-corrected chi connectivity index (χ3v) is 6.68. The minimum Gasteiger partial charge on any atom is -0.475 e. The monoisotopic (exact) mass is 499 g/mol. The minimum atomic E-state index is -4.65. The molecule has 2 atom stereocenters. The van der Waals surface area contributed by atoms with E-state index in [0.29, 0.717) is 30.7 Å². The van der Waals surface area contributed by atoms with E-state index < -0.39 is 17.8 Å². The van der Waals surface area contributed by atoms with E-state index in [1.165, 1.54) is 6.07 Å². The number of nitrogens with zero attached hydrogens (tertiary/aromatic N) is 2. The lowest BCUT2D eigenvalue weighted by Crippen LogP contribution is -2.15. The molecule has 2 N–H and O–H groups in total. The van der Waals surface area contributed by atoms with Crippen molar-refractivity contribution in [3.05, 3.63) is 71.2 Å². The van der Waals surface area contributed by atoms with Crippen LogP contribution in [-0.4, -0.2) is 47.4 Å². The van der Waals surface area contributed by atoms with Crippen LogP contribution in [0.25, 0.3) is 11.1 Å². The maximum Gasteiger partial charge on any atom is 0.433 e. The number of carbonyl (C=O) groups excluding carboxylic acids is 1. The molecule has 1 aliphatic carbocycles. The Bertz CT molecular complexity index is 1310. The standard InChI is InChI=1S/C26H24F3N3O4/c1-15-2-3-19(31-24(34)16-4-5-30-22(8-16)26(27,28)29)11-20(15)17-9-21(25-12-18(25)13-35-14-25)32-23(10-17)36-7-6-33/h2-5,8-11,18,33H,6-7,12-14H2,1H3,(H,31,34)/t18-,25-/m0/s1. The van der Waals surface area contributed by atoms with Crippen molar-refractivity contribution in [2.75, 3.05) is 31.7 Å². The Hall–Kier alpha value is -3.50. The summed E-state index contributed by atoms with van der Waals surface area (Å²) in [4.78, 5) is 20.7. The Balaban J connectivity index is 1.46. The van der Waals surface area contributed by atoms with Gasteiger partial charge in [0.1, 0.15) is 12.3 Å². The molecule has 2 aromatic heterocycles. The van der Waals surface area contributed by atoms with Gasteiger partial charge in [-0.1, -0.05) is 6.07 Å². The third-order valence-electron chi connectivity index (χ3n) is 6.68. The number of benzene rings is 1. The van der Waals surface area contributed by atoms with E-state index in [4.69, 9.17) is 9.47 Å². The van der Waals surface area contributed by atoms with Crippen molar-refractivity contribution in [3.63, 3.8) is 0 Å². The van der Waals surface area contributed by atoms with Crippen LogP contribution in [0.15, 0.2) is 48.7 Å². The van der Waals surface area contributed by atoms with Crippen LogP contribution in [0.2, 0.25) is 0 Å². The molecule has 2 aliphatic rings. The lowest BCUT2D eigenvalue weighted by molar-refractivity contribution is -0.141. The van der Waals surface area contributed by atoms with Crippen molar-refractivity contribution < 1.29 is 32.5 Å². The Kier molecular flexibility index (Phi) is 6.17. The number of fused-ring (bicyclic) bond motifs is 1. The fourth-order valence-electron chi connectivity index (χ4n) is 4.63. The molecule has 10 heteroatoms. The lowest BCUT2D eigenvalue weighted by Gasteiger charge is -2.17. The number of halogens is 3. The average Bonchev–Trinajstić information content (AvgIpc) is 3.43. The van der Waals surface area contributed by atoms with Crippen molar-refractivity contribution in [1.29, 1.82) is 0 Å². The fourth-order valence-corrected chi connectivity index (χ4v) is 4.63. The van der Waals surface area contributed by atoms with E-state index in [1.807, 2.05) is 19.1 Å². The quantitative estimate of drug-likeness (QED) is 0.501. The molecule has 0 radical (unpaired) electrons. The Labute approximate surface area is 205 Å². The number of aryl methyl sites for hydroxylation is 1. The smallest absolute Gasteiger partial charge is 0.433 e. The van der Waals surface area contributed by atoms with Gasteiger partial charge in [-0.15, -0.1) is 0 Å². The predicted molar refractivity (Wildman–Crippen MR) is 125 cm³/mol. The third kappa shape index (κ3) is 4.66. The largest absolute Gasteiger partial charge is 0.475 e. The van der Waals surface area contributed by atoms with Crippen LogP contribution < -0.4 is 10.1 Å². The molecule has 0 spiro atoms. The van der Waals surface area contributed by atoms with Crippen LogP contribution in [-0.2, 0) is 16.3 Å². The number of aliphatic hydroxyl groups is 1. The van der Waals surface area contributed by atoms with Gasteiger partial charge in [-0.2, -0.15) is 13.2 Å². The zero-order valence-electron chi connectivity index (χ0n) is 19.4. The molecule has 3 aromatic rings. The lowest BCUT2D eigenvalue weighted by atomic mass is 9.95. The molecule has 36 heavy (non-hydrogen) atoms. The molecule has 1 aliphatic heterocycles. The molecule has 1 saturated heterocycles. The number of aromatic nitrogens is 2. The highest BCUT2D eigenvalue weighted by molar-refractivity contribution is 6.04. The molecular formula is C26H24F3N3O4. The van der Waals surface area contributed by atoms with Crippen LogP contribution in [0.4, 0.5) is 18.9 Å². The van der Waals surface area contributed by atoms with E-state index in [1.54, 1.807) is 18.2 Å². The van der Waals surface area contributed by atoms with E-state index in [-0.39, 0.29) is 24.2 Å². The molecule has 3 heterocycles. The summed E-state index contributed by atoms with van der Waals surface area (Å²) in [6.45, 7) is 3.16. The Morgan fingerprint density at radius 3 is 2.78 bits per heavy atom. The first-order valence-corrected chi connectivity index (χ1v) is 11.5. The topological polar surface area (TPSA) is 93.6 Å². The fraction of sp³-hybridized carbons (Fsp3) is 0.346. The highest BCUT2D eigenvalue weighted by Crippen LogP contribution is 2.58. The molecule has 1 amide bonds. The molecule has 5 rings (SSSR count). The number of anilines is 1. The summed E-state index contributed by atoms with van der Waals surface area (Å²) in [6.07, 6.45) is -2.70. The van der Waals surface area contributed by atoms with Crippen LogP contribution in [0.5, 0.6) is 5.88 Å². The normalized spacial score (nSPS) is 20.6. The second-order valence-electron chi connectivity index (χ2n) is 9.14. The van der Waals surface area contributed by atoms with Crippen LogP contribution in [0.1, 0.15) is 33.7 Å². The number of aliphatic hydroxyl groups excluding tert-OH is 1. The summed E-state index contributed by atoms with van der Waals surface area (Å²) in [5.74, 6) is 0.122. The maximum absolute atomic E-state index is 13.0. The average molecular weight is 499 g/mol. The van der Waals surface area contributed by atoms with Crippen molar-refractivity contribution in [2.24, 2.45) is 5.92 Å². The number of ether oxygens (including phenoxy) is 2. The van der Waals surface area contributed by atoms with E-state index >= 15 is 0 Å². The highest BCUT2D eigenvalue weighted by Gasteiger charge is 2.60. The summed E-state index contributed by atoms with van der Waals surface area (Å²) in [5.41, 5.74) is 2.42. The van der Waals surface area contributed by atoms with E-state index in [2.05, 4.69) is 15.3 Å². The SMILES string of the molecule is Cc1ccc(NC(=O)c2ccnc(C(F)(F)F)c2)cc1-c1cc(OCCO)nc([C@@]23COC[C@@H]2C3)c1. The van der Waals surface area contributed by atoms with Gasteiger partial charge in [-0.3, -0.25) is 9.78 Å². The van der Waals surface area contributed by atoms with E-state index in [9.17, 15) is 23.1 Å². The second kappa shape index (κ2) is 9.18. The van der Waals surface area contributed by atoms with Gasteiger partial charge in [0.05, 0.1) is 25.5 Å². The maximum atomic E-state index is 13.0. The molecule has 1 saturated carbocycles. The predicted octanol–water partition coefficient (Wildman–Crippen LogP) is 4.38. The van der Waals surface area contributed by atoms with Gasteiger partial charge >= 0.3 is 6.18 Å². The second-order valence-corrected chi connectivity index (χ2v) is 9.14. The van der Waals surface area contributed by atoms with Gasteiger partial charge in [-0.25, -0.2) is 4.98 Å². The van der Waals surface area contributed by atoms with Crippen molar-refractivity contribution >= 4 is 11.6 Å². The van der Waals surface area contributed by atoms with Gasteiger partial charge in [0.15, 0.2) is 0 Å². The number of amides is 1. The summed E-state index contributed by atoms with van der Waals surface area (Å²) < 4.78 is 50.3. The number of carbonyl (C=O) groups is 1. The first-order valence-electron chi connectivity index (χ1n) is 11.5. The number of hydrogen-bond acceptors (Lipinski definition) is 6. The summed E-state index contributed by atoms with van der Waals surface area (Å²) in [5, 5.41) is 11.9. The van der Waals surface area contributed by atoms with Gasteiger partial charge in [-0.05, 0) is 66.3 Å². The number of rotatable bonds is 7. The molecule has 1 aromatic carbocycles. The molecule has 0 bridgehead atoms. The molecule has 7 nitrogen and oxygen atoms in total. The van der Waals surface area contributed by atoms with Crippen LogP contribution >= 0.6 is 0 Å². The summed E-state index contributed by atoms with van der Waals surface area (Å²) in [7, 11) is 0. The van der Waals surface area contributed by atoms with Gasteiger partial charge in [0.25, 0.3) is 5.91 Å². The number of nitrogens with one attached hydrogen (secondary N) is 1. The minimum absolute atomic E-state index is 0.101. The Morgan fingerprint density at radius 2 is 2.08 bits per heavy atom. The zero-order valence-corrected chi connectivity index (χ0v) is 19.4. The van der Waals surface area contributed by atoms with Crippen molar-refractivity contribution in [1.82, 2.24) is 9.97 Å². The van der Waals surface area contributed by atoms with Crippen molar-refractivity contribution in [3.8, 4) is 17.0 Å². The first-order chi connectivity index (χ1) is 17.2. The summed E-state index contributed by atoms with van der Waals surface area (Å²) in [6, 6.07) is 11.0.